The Morgan fingerprint density at radius 3 is 2.30 bits per heavy atom. The van der Waals surface area contributed by atoms with Gasteiger partial charge in [0.15, 0.2) is 5.78 Å². The van der Waals surface area contributed by atoms with Crippen LogP contribution < -0.4 is 0 Å². The number of Topliss-reactive ketones (excluding diaryl/α,β-unsaturated/α-hetero) is 2. The lowest BCUT2D eigenvalue weighted by atomic mass is 9.35. The highest BCUT2D eigenvalue weighted by Crippen LogP contribution is 2.74. The standard InChI is InChI=1S/C48H74N4O4/c1-29(2)42-39(54)25-48(19-20-52(22-21-51(9)10)28-33-27-49-26-30(3)50-33)18-14-37-34(43(42)48)11-12-41-46(37,7)17-15-40-45(5,6)32(13-16-47(40,41)8)23-38(53)35-24-36(31(35)4)44(55)56/h26-27,29,31-32,34-37,40-41H,11-25,28H2,1-10H3,(H,55,56). The molecule has 5 saturated carbocycles. The van der Waals surface area contributed by atoms with E-state index in [2.05, 4.69) is 70.4 Å². The smallest absolute Gasteiger partial charge is 0.306 e. The second-order valence-corrected chi connectivity index (χ2v) is 21.7. The molecule has 11 unspecified atom stereocenters. The van der Waals surface area contributed by atoms with E-state index in [9.17, 15) is 19.5 Å². The van der Waals surface area contributed by atoms with E-state index in [4.69, 9.17) is 4.98 Å². The highest BCUT2D eigenvalue weighted by Gasteiger charge is 2.66. The van der Waals surface area contributed by atoms with Gasteiger partial charge in [-0.3, -0.25) is 29.3 Å². The molecule has 6 aliphatic rings. The Balaban J connectivity index is 1.10. The van der Waals surface area contributed by atoms with Crippen LogP contribution in [0.5, 0.6) is 0 Å². The molecule has 7 rings (SSSR count). The van der Waals surface area contributed by atoms with Crippen molar-refractivity contribution in [2.45, 2.75) is 139 Å². The average molecular weight is 771 g/mol. The predicted molar refractivity (Wildman–Crippen MR) is 222 cm³/mol. The molecule has 0 radical (unpaired) electrons. The van der Waals surface area contributed by atoms with Gasteiger partial charge in [-0.15, -0.1) is 0 Å². The topological polar surface area (TPSA) is 104 Å². The van der Waals surface area contributed by atoms with Crippen molar-refractivity contribution in [1.82, 2.24) is 19.8 Å². The molecule has 56 heavy (non-hydrogen) atoms. The summed E-state index contributed by atoms with van der Waals surface area (Å²) >= 11 is 0. The Bertz CT molecular complexity index is 1720. The number of aryl methyl sites for hydroxylation is 1. The van der Waals surface area contributed by atoms with Gasteiger partial charge in [0, 0.05) is 56.2 Å². The number of aromatic nitrogens is 2. The number of fused-ring (bicyclic) bond motifs is 7. The second kappa shape index (κ2) is 15.3. The molecular weight excluding hydrogens is 697 g/mol. The first kappa shape index (κ1) is 41.7. The second-order valence-electron chi connectivity index (χ2n) is 21.7. The molecular formula is C48H74N4O4. The Hall–Kier alpha value is -2.45. The van der Waals surface area contributed by atoms with E-state index in [0.29, 0.717) is 60.4 Å². The number of carbonyl (C=O) groups excluding carboxylic acids is 2. The zero-order chi connectivity index (χ0) is 40.5. The average Bonchev–Trinajstić information content (AvgIpc) is 3.42. The van der Waals surface area contributed by atoms with Gasteiger partial charge in [-0.2, -0.15) is 0 Å². The van der Waals surface area contributed by atoms with Gasteiger partial charge < -0.3 is 10.0 Å². The lowest BCUT2D eigenvalue weighted by Crippen LogP contribution is -2.62. The Labute approximate surface area is 338 Å². The summed E-state index contributed by atoms with van der Waals surface area (Å²) in [7, 11) is 4.29. The van der Waals surface area contributed by atoms with Crippen molar-refractivity contribution in [3.05, 3.63) is 34.9 Å². The van der Waals surface area contributed by atoms with Crippen molar-refractivity contribution in [3.63, 3.8) is 0 Å². The molecule has 8 heteroatoms. The highest BCUT2D eigenvalue weighted by atomic mass is 16.4. The van der Waals surface area contributed by atoms with E-state index in [1.165, 1.54) is 44.1 Å². The minimum atomic E-state index is -0.748. The van der Waals surface area contributed by atoms with Crippen LogP contribution in [0, 0.1) is 81.8 Å². The molecule has 0 saturated heterocycles. The summed E-state index contributed by atoms with van der Waals surface area (Å²) in [6, 6.07) is 0. The number of hydrogen-bond acceptors (Lipinski definition) is 7. The Morgan fingerprint density at radius 1 is 0.911 bits per heavy atom. The van der Waals surface area contributed by atoms with E-state index in [0.717, 1.165) is 56.8 Å². The fraction of sp³-hybridized carbons (Fsp3) is 0.812. The van der Waals surface area contributed by atoms with Gasteiger partial charge in [-0.05, 0) is 155 Å². The molecule has 11 atom stereocenters. The summed E-state index contributed by atoms with van der Waals surface area (Å²) in [5.74, 6) is 2.44. The maximum atomic E-state index is 14.2. The van der Waals surface area contributed by atoms with Gasteiger partial charge in [0.1, 0.15) is 5.78 Å². The van der Waals surface area contributed by atoms with Crippen LogP contribution in [0.2, 0.25) is 0 Å². The molecule has 6 aliphatic carbocycles. The van der Waals surface area contributed by atoms with Crippen molar-refractivity contribution < 1.29 is 19.5 Å². The van der Waals surface area contributed by atoms with E-state index in [-0.39, 0.29) is 45.3 Å². The molecule has 0 bridgehead atoms. The summed E-state index contributed by atoms with van der Waals surface area (Å²) in [5.41, 5.74) is 5.26. The van der Waals surface area contributed by atoms with Crippen molar-refractivity contribution >= 4 is 17.5 Å². The SMILES string of the molecule is Cc1cncc(CN(CCN(C)C)CCC23CCC4C(CCC5C4(C)CCC4C(C)(C)C(CC(=O)C6CC(C(=O)O)C6C)CCC45C)C2=C(C(C)C)C(=O)C3)n1. The third kappa shape index (κ3) is 7.06. The third-order valence-electron chi connectivity index (χ3n) is 17.9. The quantitative estimate of drug-likeness (QED) is 0.212. The van der Waals surface area contributed by atoms with Crippen LogP contribution in [-0.2, 0) is 20.9 Å². The third-order valence-corrected chi connectivity index (χ3v) is 17.9. The van der Waals surface area contributed by atoms with Crippen LogP contribution in [0.1, 0.15) is 137 Å². The molecule has 8 nitrogen and oxygen atoms in total. The van der Waals surface area contributed by atoms with E-state index < -0.39 is 5.97 Å². The van der Waals surface area contributed by atoms with Crippen LogP contribution in [0.3, 0.4) is 0 Å². The van der Waals surface area contributed by atoms with E-state index in [1.54, 1.807) is 5.57 Å². The lowest BCUT2D eigenvalue weighted by molar-refractivity contribution is -0.193. The number of allylic oxidation sites excluding steroid dienone is 2. The van der Waals surface area contributed by atoms with Gasteiger partial charge in [0.2, 0.25) is 0 Å². The van der Waals surface area contributed by atoms with Gasteiger partial charge in [-0.1, -0.05) is 54.0 Å². The molecule has 5 fully saturated rings. The fourth-order valence-electron chi connectivity index (χ4n) is 14.9. The number of aliphatic carboxylic acids is 1. The summed E-state index contributed by atoms with van der Waals surface area (Å²) in [5, 5.41) is 9.55. The maximum absolute atomic E-state index is 14.2. The molecule has 310 valence electrons. The first-order valence-corrected chi connectivity index (χ1v) is 22.5. The van der Waals surface area contributed by atoms with Crippen molar-refractivity contribution in [1.29, 1.82) is 0 Å². The molecule has 1 aromatic rings. The number of carbonyl (C=O) groups is 3. The minimum Gasteiger partial charge on any atom is -0.481 e. The lowest BCUT2D eigenvalue weighted by Gasteiger charge is -2.69. The minimum absolute atomic E-state index is 0.0359. The van der Waals surface area contributed by atoms with Gasteiger partial charge in [0.05, 0.1) is 17.3 Å². The molecule has 0 aromatic carbocycles. The van der Waals surface area contributed by atoms with Crippen molar-refractivity contribution in [2.24, 2.45) is 74.9 Å². The number of carboxylic acids is 1. The van der Waals surface area contributed by atoms with Gasteiger partial charge in [0.25, 0.3) is 0 Å². The molecule has 0 spiro atoms. The molecule has 0 aliphatic heterocycles. The van der Waals surface area contributed by atoms with Crippen LogP contribution >= 0.6 is 0 Å². The van der Waals surface area contributed by atoms with Crippen molar-refractivity contribution in [2.75, 3.05) is 33.7 Å². The number of likely N-dealkylation sites (N-methyl/N-ethyl adjacent to an activating group) is 1. The van der Waals surface area contributed by atoms with Crippen LogP contribution in [-0.4, -0.2) is 76.1 Å². The number of hydrogen-bond donors (Lipinski definition) is 1. The first-order chi connectivity index (χ1) is 26.3. The molecule has 0 amide bonds. The summed E-state index contributed by atoms with van der Waals surface area (Å²) in [4.78, 5) is 53.6. The number of carboxylic acid groups (broad SMARTS) is 1. The van der Waals surface area contributed by atoms with Crippen LogP contribution in [0.4, 0.5) is 0 Å². The van der Waals surface area contributed by atoms with Crippen LogP contribution in [0.15, 0.2) is 23.5 Å². The number of ketones is 2. The zero-order valence-corrected chi connectivity index (χ0v) is 36.6. The fourth-order valence-corrected chi connectivity index (χ4v) is 14.9. The van der Waals surface area contributed by atoms with Gasteiger partial charge >= 0.3 is 5.97 Å². The number of nitrogens with zero attached hydrogens (tertiary/aromatic N) is 4. The molecule has 1 aromatic heterocycles. The summed E-state index contributed by atoms with van der Waals surface area (Å²) in [6.07, 6.45) is 16.1. The zero-order valence-electron chi connectivity index (χ0n) is 36.6. The number of rotatable bonds is 13. The Kier molecular flexibility index (Phi) is 11.4. The largest absolute Gasteiger partial charge is 0.481 e. The molecule has 1 N–H and O–H groups in total. The highest BCUT2D eigenvalue weighted by molar-refractivity contribution is 6.00. The summed E-state index contributed by atoms with van der Waals surface area (Å²) in [6.45, 7) is 22.4. The predicted octanol–water partition coefficient (Wildman–Crippen LogP) is 9.06. The summed E-state index contributed by atoms with van der Waals surface area (Å²) < 4.78 is 0. The van der Waals surface area contributed by atoms with E-state index in [1.807, 2.05) is 26.2 Å². The Morgan fingerprint density at radius 2 is 1.64 bits per heavy atom. The van der Waals surface area contributed by atoms with Crippen molar-refractivity contribution in [3.8, 4) is 0 Å². The van der Waals surface area contributed by atoms with E-state index >= 15 is 0 Å². The molecule has 1 heterocycles. The van der Waals surface area contributed by atoms with Gasteiger partial charge in [-0.25, -0.2) is 0 Å². The normalized spacial score (nSPS) is 38.9. The van der Waals surface area contributed by atoms with Crippen LogP contribution in [0.25, 0.3) is 0 Å². The maximum Gasteiger partial charge on any atom is 0.306 e. The first-order valence-electron chi connectivity index (χ1n) is 22.5. The monoisotopic (exact) mass is 771 g/mol.